The molecule has 1 heterocycles. The monoisotopic (exact) mass is 300 g/mol. The molecule has 0 saturated heterocycles. The van der Waals surface area contributed by atoms with Crippen molar-refractivity contribution in [2.24, 2.45) is 0 Å². The largest absolute Gasteiger partial charge is 0.416 e. The summed E-state index contributed by atoms with van der Waals surface area (Å²) >= 11 is 0. The molecule has 114 valence electrons. The third-order valence-corrected chi connectivity index (χ3v) is 2.74. The Morgan fingerprint density at radius 2 is 2.05 bits per heavy atom. The molecule has 2 N–H and O–H groups in total. The standard InChI is InChI=1S/C13H15F3N4O/c1-17-8-11-19-20-12(21-11)18-6-5-9-3-2-4-10(7-9)13(14,15)16/h2-4,7,17H,5-6,8H2,1H3,(H,18,20). The van der Waals surface area contributed by atoms with E-state index in [4.69, 9.17) is 4.42 Å². The summed E-state index contributed by atoms with van der Waals surface area (Å²) in [6, 6.07) is 5.50. The summed E-state index contributed by atoms with van der Waals surface area (Å²) in [5.74, 6) is 0.444. The van der Waals surface area contributed by atoms with Gasteiger partial charge >= 0.3 is 12.2 Å². The van der Waals surface area contributed by atoms with E-state index in [9.17, 15) is 13.2 Å². The van der Waals surface area contributed by atoms with Crippen molar-refractivity contribution in [2.75, 3.05) is 18.9 Å². The van der Waals surface area contributed by atoms with Crippen molar-refractivity contribution in [1.29, 1.82) is 0 Å². The van der Waals surface area contributed by atoms with Crippen LogP contribution >= 0.6 is 0 Å². The van der Waals surface area contributed by atoms with Gasteiger partial charge in [0.2, 0.25) is 5.89 Å². The highest BCUT2D eigenvalue weighted by molar-refractivity contribution is 5.27. The molecule has 2 aromatic rings. The molecule has 0 bridgehead atoms. The number of aromatic nitrogens is 2. The van der Waals surface area contributed by atoms with Crippen LogP contribution in [0.3, 0.4) is 0 Å². The zero-order valence-corrected chi connectivity index (χ0v) is 11.4. The fraction of sp³-hybridized carbons (Fsp3) is 0.385. The summed E-state index contributed by atoms with van der Waals surface area (Å²) in [5, 5.41) is 13.3. The van der Waals surface area contributed by atoms with E-state index in [2.05, 4.69) is 20.8 Å². The Labute approximate surface area is 119 Å². The van der Waals surface area contributed by atoms with Crippen molar-refractivity contribution in [2.45, 2.75) is 19.1 Å². The molecule has 0 atom stereocenters. The first-order valence-electron chi connectivity index (χ1n) is 6.36. The second-order valence-electron chi connectivity index (χ2n) is 4.41. The lowest BCUT2D eigenvalue weighted by atomic mass is 10.1. The number of hydrogen-bond acceptors (Lipinski definition) is 5. The highest BCUT2D eigenvalue weighted by atomic mass is 19.4. The summed E-state index contributed by atoms with van der Waals surface area (Å²) in [6.07, 6.45) is -3.90. The van der Waals surface area contributed by atoms with Crippen LogP contribution in [0.2, 0.25) is 0 Å². The van der Waals surface area contributed by atoms with Crippen LogP contribution in [0.5, 0.6) is 0 Å². The van der Waals surface area contributed by atoms with Crippen molar-refractivity contribution >= 4 is 6.01 Å². The van der Waals surface area contributed by atoms with Crippen molar-refractivity contribution in [1.82, 2.24) is 15.5 Å². The molecule has 0 radical (unpaired) electrons. The van der Waals surface area contributed by atoms with E-state index in [0.717, 1.165) is 12.1 Å². The first-order valence-corrected chi connectivity index (χ1v) is 6.36. The van der Waals surface area contributed by atoms with Gasteiger partial charge in [-0.3, -0.25) is 0 Å². The van der Waals surface area contributed by atoms with E-state index in [1.54, 1.807) is 13.1 Å². The maximum absolute atomic E-state index is 12.6. The van der Waals surface area contributed by atoms with Crippen LogP contribution in [-0.4, -0.2) is 23.8 Å². The Morgan fingerprint density at radius 3 is 2.76 bits per heavy atom. The van der Waals surface area contributed by atoms with E-state index < -0.39 is 11.7 Å². The fourth-order valence-corrected chi connectivity index (χ4v) is 1.76. The zero-order valence-electron chi connectivity index (χ0n) is 11.4. The Morgan fingerprint density at radius 1 is 1.24 bits per heavy atom. The van der Waals surface area contributed by atoms with Gasteiger partial charge in [-0.25, -0.2) is 0 Å². The number of alkyl halides is 3. The third-order valence-electron chi connectivity index (χ3n) is 2.74. The lowest BCUT2D eigenvalue weighted by Gasteiger charge is -2.08. The van der Waals surface area contributed by atoms with Gasteiger partial charge in [-0.05, 0) is 25.1 Å². The lowest BCUT2D eigenvalue weighted by molar-refractivity contribution is -0.137. The number of hydrogen-bond donors (Lipinski definition) is 2. The van der Waals surface area contributed by atoms with E-state index >= 15 is 0 Å². The van der Waals surface area contributed by atoms with Gasteiger partial charge < -0.3 is 15.1 Å². The van der Waals surface area contributed by atoms with Crippen LogP contribution in [0.4, 0.5) is 19.2 Å². The molecule has 0 spiro atoms. The topological polar surface area (TPSA) is 63.0 Å². The van der Waals surface area contributed by atoms with E-state index in [-0.39, 0.29) is 6.01 Å². The molecule has 0 aliphatic rings. The summed E-state index contributed by atoms with van der Waals surface area (Å²) in [7, 11) is 1.75. The molecule has 1 aromatic heterocycles. The van der Waals surface area contributed by atoms with Crippen LogP contribution in [0, 0.1) is 0 Å². The minimum Gasteiger partial charge on any atom is -0.407 e. The molecule has 0 saturated carbocycles. The predicted molar refractivity (Wildman–Crippen MR) is 70.7 cm³/mol. The number of rotatable bonds is 6. The normalized spacial score (nSPS) is 11.6. The molecule has 0 fully saturated rings. The van der Waals surface area contributed by atoms with Crippen LogP contribution in [0.25, 0.3) is 0 Å². The summed E-state index contributed by atoms with van der Waals surface area (Å²) in [6.45, 7) is 0.866. The fourth-order valence-electron chi connectivity index (χ4n) is 1.76. The first kappa shape index (κ1) is 15.3. The molecule has 21 heavy (non-hydrogen) atoms. The van der Waals surface area contributed by atoms with Gasteiger partial charge in [0.1, 0.15) is 0 Å². The Kier molecular flexibility index (Phi) is 4.79. The quantitative estimate of drug-likeness (QED) is 0.858. The predicted octanol–water partition coefficient (Wildman–Crippen LogP) is 2.46. The minimum absolute atomic E-state index is 0.257. The molecular weight excluding hydrogens is 285 g/mol. The number of benzene rings is 1. The van der Waals surface area contributed by atoms with Crippen molar-refractivity contribution in [3.05, 3.63) is 41.3 Å². The average Bonchev–Trinajstić information content (AvgIpc) is 2.86. The zero-order chi connectivity index (χ0) is 15.3. The van der Waals surface area contributed by atoms with Crippen LogP contribution in [-0.2, 0) is 19.1 Å². The van der Waals surface area contributed by atoms with E-state index in [1.165, 1.54) is 6.07 Å². The highest BCUT2D eigenvalue weighted by Crippen LogP contribution is 2.29. The van der Waals surface area contributed by atoms with Crippen molar-refractivity contribution in [3.63, 3.8) is 0 Å². The first-order chi connectivity index (χ1) is 9.99. The van der Waals surface area contributed by atoms with E-state index in [0.29, 0.717) is 31.0 Å². The number of nitrogens with zero attached hydrogens (tertiary/aromatic N) is 2. The van der Waals surface area contributed by atoms with Gasteiger partial charge in [0.15, 0.2) is 0 Å². The van der Waals surface area contributed by atoms with Gasteiger partial charge in [0, 0.05) is 6.54 Å². The molecule has 8 heteroatoms. The van der Waals surface area contributed by atoms with Crippen LogP contribution < -0.4 is 10.6 Å². The Bertz CT molecular complexity index is 583. The van der Waals surface area contributed by atoms with Gasteiger partial charge in [-0.1, -0.05) is 23.3 Å². The van der Waals surface area contributed by atoms with Gasteiger partial charge in [-0.2, -0.15) is 13.2 Å². The average molecular weight is 300 g/mol. The van der Waals surface area contributed by atoms with Crippen molar-refractivity contribution < 1.29 is 17.6 Å². The summed E-state index contributed by atoms with van der Waals surface area (Å²) in [4.78, 5) is 0. The molecule has 0 unspecified atom stereocenters. The molecule has 5 nitrogen and oxygen atoms in total. The number of nitrogens with one attached hydrogen (secondary N) is 2. The number of halogens is 3. The Hall–Kier alpha value is -2.09. The third kappa shape index (κ3) is 4.45. The van der Waals surface area contributed by atoms with E-state index in [1.807, 2.05) is 0 Å². The molecule has 0 amide bonds. The lowest BCUT2D eigenvalue weighted by Crippen LogP contribution is -2.08. The SMILES string of the molecule is CNCc1nnc(NCCc2cccc(C(F)(F)F)c2)o1. The van der Waals surface area contributed by atoms with Crippen LogP contribution in [0.1, 0.15) is 17.0 Å². The highest BCUT2D eigenvalue weighted by Gasteiger charge is 2.30. The Balaban J connectivity index is 1.88. The molecule has 1 aromatic carbocycles. The molecule has 2 rings (SSSR count). The summed E-state index contributed by atoms with van der Waals surface area (Å²) < 4.78 is 43.0. The maximum Gasteiger partial charge on any atom is 0.416 e. The molecule has 0 aliphatic heterocycles. The molecule has 0 aliphatic carbocycles. The number of anilines is 1. The molecular formula is C13H15F3N4O. The maximum atomic E-state index is 12.6. The second-order valence-corrected chi connectivity index (χ2v) is 4.41. The van der Waals surface area contributed by atoms with Crippen molar-refractivity contribution in [3.8, 4) is 0 Å². The minimum atomic E-state index is -4.32. The second kappa shape index (κ2) is 6.57. The van der Waals surface area contributed by atoms with Gasteiger partial charge in [0.25, 0.3) is 0 Å². The van der Waals surface area contributed by atoms with Gasteiger partial charge in [-0.15, -0.1) is 5.10 Å². The summed E-state index contributed by atoms with van der Waals surface area (Å²) in [5.41, 5.74) is -0.0543. The van der Waals surface area contributed by atoms with Crippen LogP contribution in [0.15, 0.2) is 28.7 Å². The smallest absolute Gasteiger partial charge is 0.407 e. The van der Waals surface area contributed by atoms with Gasteiger partial charge in [0.05, 0.1) is 12.1 Å².